The predicted octanol–water partition coefficient (Wildman–Crippen LogP) is 4.00. The summed E-state index contributed by atoms with van der Waals surface area (Å²) in [5.41, 5.74) is 3.58. The molecule has 0 bridgehead atoms. The van der Waals surface area contributed by atoms with Gasteiger partial charge in [0, 0.05) is 6.92 Å². The molecule has 0 aliphatic heterocycles. The summed E-state index contributed by atoms with van der Waals surface area (Å²) in [7, 11) is 0. The highest BCUT2D eigenvalue weighted by Crippen LogP contribution is 2.34. The second kappa shape index (κ2) is 6.37. The maximum absolute atomic E-state index is 10.8. The fourth-order valence-electron chi connectivity index (χ4n) is 2.46. The molecule has 2 heteroatoms. The van der Waals surface area contributed by atoms with Crippen molar-refractivity contribution in [3.05, 3.63) is 59.7 Å². The van der Waals surface area contributed by atoms with E-state index in [1.165, 1.54) is 18.1 Å². The van der Waals surface area contributed by atoms with Gasteiger partial charge < -0.3 is 4.74 Å². The highest BCUT2D eigenvalue weighted by molar-refractivity contribution is 5.66. The van der Waals surface area contributed by atoms with Crippen LogP contribution >= 0.6 is 0 Å². The van der Waals surface area contributed by atoms with Gasteiger partial charge in [0.05, 0.1) is 0 Å². The first-order chi connectivity index (χ1) is 9.16. The van der Waals surface area contributed by atoms with Crippen LogP contribution in [0.1, 0.15) is 37.7 Å². The van der Waals surface area contributed by atoms with E-state index in [4.69, 9.17) is 4.74 Å². The first-order valence-corrected chi connectivity index (χ1v) is 6.72. The van der Waals surface area contributed by atoms with Gasteiger partial charge in [-0.1, -0.05) is 43.0 Å². The topological polar surface area (TPSA) is 26.3 Å². The van der Waals surface area contributed by atoms with Gasteiger partial charge >= 0.3 is 5.97 Å². The number of esters is 1. The van der Waals surface area contributed by atoms with E-state index >= 15 is 0 Å². The van der Waals surface area contributed by atoms with E-state index in [0.717, 1.165) is 24.8 Å². The molecule has 1 aromatic carbocycles. The fourth-order valence-corrected chi connectivity index (χ4v) is 2.46. The lowest BCUT2D eigenvalue weighted by Crippen LogP contribution is -2.09. The lowest BCUT2D eigenvalue weighted by molar-refractivity contribution is -0.139. The van der Waals surface area contributed by atoms with Crippen LogP contribution in [-0.4, -0.2) is 12.6 Å². The standard InChI is InChI=1S/C17H20O2/c1-13(12-19-14(2)18)15-8-10-17(11-9-15)16-6-4-3-5-7-16/h3-8,17H,1,9-12H2,2H3. The Balaban J connectivity index is 1.93. The largest absolute Gasteiger partial charge is 0.461 e. The number of benzene rings is 1. The van der Waals surface area contributed by atoms with Crippen LogP contribution in [0.3, 0.4) is 0 Å². The summed E-state index contributed by atoms with van der Waals surface area (Å²) in [6.45, 7) is 5.74. The Morgan fingerprint density at radius 1 is 1.37 bits per heavy atom. The molecule has 0 fully saturated rings. The first kappa shape index (κ1) is 13.6. The zero-order chi connectivity index (χ0) is 13.7. The summed E-state index contributed by atoms with van der Waals surface area (Å²) >= 11 is 0. The molecule has 0 N–H and O–H groups in total. The molecule has 0 heterocycles. The molecule has 19 heavy (non-hydrogen) atoms. The molecule has 1 unspecified atom stereocenters. The average Bonchev–Trinajstić information content (AvgIpc) is 2.46. The Bertz CT molecular complexity index is 485. The van der Waals surface area contributed by atoms with Gasteiger partial charge in [0.15, 0.2) is 0 Å². The Hall–Kier alpha value is -1.83. The van der Waals surface area contributed by atoms with Crippen LogP contribution in [0, 0.1) is 0 Å². The van der Waals surface area contributed by atoms with E-state index in [-0.39, 0.29) is 5.97 Å². The third kappa shape index (κ3) is 3.82. The molecule has 2 nitrogen and oxygen atoms in total. The minimum atomic E-state index is -0.250. The maximum atomic E-state index is 10.8. The highest BCUT2D eigenvalue weighted by atomic mass is 16.5. The van der Waals surface area contributed by atoms with Gasteiger partial charge in [-0.3, -0.25) is 4.79 Å². The predicted molar refractivity (Wildman–Crippen MR) is 76.9 cm³/mol. The van der Waals surface area contributed by atoms with E-state index in [0.29, 0.717) is 12.5 Å². The van der Waals surface area contributed by atoms with Crippen LogP contribution in [-0.2, 0) is 9.53 Å². The Morgan fingerprint density at radius 3 is 2.68 bits per heavy atom. The van der Waals surface area contributed by atoms with Crippen molar-refractivity contribution in [3.8, 4) is 0 Å². The quantitative estimate of drug-likeness (QED) is 0.761. The van der Waals surface area contributed by atoms with Crippen LogP contribution < -0.4 is 0 Å². The van der Waals surface area contributed by atoms with Crippen LogP contribution in [0.25, 0.3) is 0 Å². The monoisotopic (exact) mass is 256 g/mol. The number of hydrogen-bond donors (Lipinski definition) is 0. The van der Waals surface area contributed by atoms with Crippen molar-refractivity contribution >= 4 is 5.97 Å². The van der Waals surface area contributed by atoms with Crippen molar-refractivity contribution in [2.45, 2.75) is 32.1 Å². The molecule has 100 valence electrons. The molecular weight excluding hydrogens is 236 g/mol. The average molecular weight is 256 g/mol. The zero-order valence-electron chi connectivity index (χ0n) is 11.4. The van der Waals surface area contributed by atoms with Crippen molar-refractivity contribution < 1.29 is 9.53 Å². The van der Waals surface area contributed by atoms with Crippen LogP contribution in [0.15, 0.2) is 54.1 Å². The van der Waals surface area contributed by atoms with Crippen molar-refractivity contribution in [3.63, 3.8) is 0 Å². The summed E-state index contributed by atoms with van der Waals surface area (Å²) in [6.07, 6.45) is 5.43. The summed E-state index contributed by atoms with van der Waals surface area (Å²) < 4.78 is 4.99. The van der Waals surface area contributed by atoms with E-state index in [9.17, 15) is 4.79 Å². The highest BCUT2D eigenvalue weighted by Gasteiger charge is 2.17. The van der Waals surface area contributed by atoms with Gasteiger partial charge in [0.2, 0.25) is 0 Å². The number of rotatable bonds is 4. The van der Waals surface area contributed by atoms with E-state index in [1.807, 2.05) is 0 Å². The number of carbonyl (C=O) groups excluding carboxylic acids is 1. The Kier molecular flexibility index (Phi) is 4.56. The third-order valence-corrected chi connectivity index (χ3v) is 3.59. The van der Waals surface area contributed by atoms with E-state index in [1.54, 1.807) is 0 Å². The summed E-state index contributed by atoms with van der Waals surface area (Å²) in [4.78, 5) is 10.8. The second-order valence-electron chi connectivity index (χ2n) is 5.00. The molecule has 0 aromatic heterocycles. The van der Waals surface area contributed by atoms with Crippen molar-refractivity contribution in [2.24, 2.45) is 0 Å². The maximum Gasteiger partial charge on any atom is 0.302 e. The van der Waals surface area contributed by atoms with Crippen molar-refractivity contribution in [1.82, 2.24) is 0 Å². The molecule has 0 amide bonds. The molecule has 0 radical (unpaired) electrons. The molecule has 1 aliphatic rings. The SMILES string of the molecule is C=C(COC(C)=O)C1=CCC(c2ccccc2)CC1. The van der Waals surface area contributed by atoms with Gasteiger partial charge in [-0.05, 0) is 41.9 Å². The van der Waals surface area contributed by atoms with E-state index in [2.05, 4.69) is 43.0 Å². The first-order valence-electron chi connectivity index (χ1n) is 6.72. The van der Waals surface area contributed by atoms with Gasteiger partial charge in [0.1, 0.15) is 6.61 Å². The van der Waals surface area contributed by atoms with Gasteiger partial charge in [-0.2, -0.15) is 0 Å². The number of allylic oxidation sites excluding steroid dienone is 1. The minimum Gasteiger partial charge on any atom is -0.461 e. The Morgan fingerprint density at radius 2 is 2.11 bits per heavy atom. The minimum absolute atomic E-state index is 0.250. The van der Waals surface area contributed by atoms with Crippen LogP contribution in [0.5, 0.6) is 0 Å². The molecule has 0 spiro atoms. The molecule has 2 rings (SSSR count). The molecule has 0 saturated carbocycles. The third-order valence-electron chi connectivity index (χ3n) is 3.59. The molecule has 1 aliphatic carbocycles. The normalized spacial score (nSPS) is 18.6. The zero-order valence-corrected chi connectivity index (χ0v) is 11.4. The van der Waals surface area contributed by atoms with Gasteiger partial charge in [-0.15, -0.1) is 0 Å². The van der Waals surface area contributed by atoms with E-state index < -0.39 is 0 Å². The van der Waals surface area contributed by atoms with Crippen LogP contribution in [0.2, 0.25) is 0 Å². The summed E-state index contributed by atoms with van der Waals surface area (Å²) in [6, 6.07) is 10.6. The van der Waals surface area contributed by atoms with Crippen LogP contribution in [0.4, 0.5) is 0 Å². The molecular formula is C17H20O2. The van der Waals surface area contributed by atoms with Crippen molar-refractivity contribution in [2.75, 3.05) is 6.61 Å². The summed E-state index contributed by atoms with van der Waals surface area (Å²) in [5.74, 6) is 0.353. The second-order valence-corrected chi connectivity index (χ2v) is 5.00. The fraction of sp³-hybridized carbons (Fsp3) is 0.353. The number of hydrogen-bond acceptors (Lipinski definition) is 2. The van der Waals surface area contributed by atoms with Crippen molar-refractivity contribution in [1.29, 1.82) is 0 Å². The lowest BCUT2D eigenvalue weighted by atomic mass is 9.83. The number of carbonyl (C=O) groups is 1. The van der Waals surface area contributed by atoms with Gasteiger partial charge in [-0.25, -0.2) is 0 Å². The molecule has 1 aromatic rings. The molecule has 1 atom stereocenters. The Labute approximate surface area is 114 Å². The smallest absolute Gasteiger partial charge is 0.302 e. The molecule has 0 saturated heterocycles. The number of ether oxygens (including phenoxy) is 1. The van der Waals surface area contributed by atoms with Gasteiger partial charge in [0.25, 0.3) is 0 Å². The lowest BCUT2D eigenvalue weighted by Gasteiger charge is -2.23. The summed E-state index contributed by atoms with van der Waals surface area (Å²) in [5, 5.41) is 0.